The van der Waals surface area contributed by atoms with Gasteiger partial charge in [-0.15, -0.1) is 0 Å². The Morgan fingerprint density at radius 2 is 1.92 bits per heavy atom. The highest BCUT2D eigenvalue weighted by Gasteiger charge is 2.44. The van der Waals surface area contributed by atoms with E-state index in [-0.39, 0.29) is 12.1 Å². The second kappa shape index (κ2) is 5.97. The number of nitrogens with one attached hydrogen (secondary N) is 2. The number of carbonyl (C=O) groups is 1. The summed E-state index contributed by atoms with van der Waals surface area (Å²) in [7, 11) is 0. The molecule has 2 amide bonds. The monoisotopic (exact) mass is 354 g/mol. The van der Waals surface area contributed by atoms with Gasteiger partial charge in [0.05, 0.1) is 12.3 Å². The van der Waals surface area contributed by atoms with Crippen LogP contribution in [-0.2, 0) is 6.42 Å². The molecule has 1 aromatic carbocycles. The van der Waals surface area contributed by atoms with Crippen LogP contribution in [0.1, 0.15) is 55.9 Å². The number of aryl methyl sites for hydroxylation is 1. The molecular weight excluding hydrogens is 332 g/mol. The molecule has 0 radical (unpaired) electrons. The van der Waals surface area contributed by atoms with Gasteiger partial charge in [-0.3, -0.25) is 0 Å². The Labute approximate surface area is 151 Å². The fourth-order valence-corrected chi connectivity index (χ4v) is 4.25. The van der Waals surface area contributed by atoms with Crippen LogP contribution in [0.5, 0.6) is 11.5 Å². The lowest BCUT2D eigenvalue weighted by molar-refractivity contribution is -0.0716. The van der Waals surface area contributed by atoms with Crippen LogP contribution in [0.2, 0.25) is 0 Å². The molecule has 2 aromatic rings. The summed E-state index contributed by atoms with van der Waals surface area (Å²) in [4.78, 5) is 12.4. The van der Waals surface area contributed by atoms with E-state index < -0.39 is 5.79 Å². The van der Waals surface area contributed by atoms with Gasteiger partial charge in [0.25, 0.3) is 5.79 Å². The largest absolute Gasteiger partial charge is 0.469 e. The summed E-state index contributed by atoms with van der Waals surface area (Å²) >= 11 is 0. The van der Waals surface area contributed by atoms with Crippen LogP contribution >= 0.6 is 0 Å². The number of ether oxygens (including phenoxy) is 2. The van der Waals surface area contributed by atoms with Crippen molar-refractivity contribution in [1.82, 2.24) is 5.32 Å². The summed E-state index contributed by atoms with van der Waals surface area (Å²) in [5.74, 6) is 1.96. The van der Waals surface area contributed by atoms with Crippen molar-refractivity contribution in [3.63, 3.8) is 0 Å². The number of urea groups is 1. The zero-order valence-electron chi connectivity index (χ0n) is 14.5. The number of carbonyl (C=O) groups excluding carboxylic acids is 1. The summed E-state index contributed by atoms with van der Waals surface area (Å²) in [5, 5.41) is 5.95. The highest BCUT2D eigenvalue weighted by molar-refractivity contribution is 5.90. The van der Waals surface area contributed by atoms with Crippen LogP contribution in [0, 0.1) is 0 Å². The van der Waals surface area contributed by atoms with Crippen LogP contribution < -0.4 is 20.1 Å². The number of fused-ring (bicyclic) bond motifs is 2. The van der Waals surface area contributed by atoms with Gasteiger partial charge in [0.2, 0.25) is 0 Å². The van der Waals surface area contributed by atoms with E-state index in [9.17, 15) is 4.79 Å². The highest BCUT2D eigenvalue weighted by atomic mass is 16.7. The van der Waals surface area contributed by atoms with Gasteiger partial charge >= 0.3 is 6.03 Å². The third kappa shape index (κ3) is 2.69. The quantitative estimate of drug-likeness (QED) is 0.832. The maximum absolute atomic E-state index is 12.4. The molecule has 3 aliphatic rings. The molecule has 1 atom stereocenters. The van der Waals surface area contributed by atoms with Gasteiger partial charge < -0.3 is 24.5 Å². The van der Waals surface area contributed by atoms with Crippen LogP contribution in [0.3, 0.4) is 0 Å². The first-order chi connectivity index (χ1) is 12.7. The van der Waals surface area contributed by atoms with Gasteiger partial charge in [-0.05, 0) is 43.9 Å². The van der Waals surface area contributed by atoms with E-state index in [1.165, 1.54) is 0 Å². The minimum absolute atomic E-state index is 0.00623. The van der Waals surface area contributed by atoms with Gasteiger partial charge in [-0.1, -0.05) is 0 Å². The lowest BCUT2D eigenvalue weighted by atomic mass is 9.93. The zero-order chi connectivity index (χ0) is 17.6. The SMILES string of the molecule is O=C(Nc1ccc2c(c1)OC1(CCCC1)O2)NC1CCCc2occc21. The van der Waals surface area contributed by atoms with Crippen molar-refractivity contribution >= 4 is 11.7 Å². The molecule has 1 aliphatic heterocycles. The zero-order valence-corrected chi connectivity index (χ0v) is 14.5. The average Bonchev–Trinajstić information content (AvgIpc) is 3.34. The molecule has 1 unspecified atom stereocenters. The first-order valence-electron chi connectivity index (χ1n) is 9.37. The van der Waals surface area contributed by atoms with Gasteiger partial charge in [0, 0.05) is 36.6 Å². The summed E-state index contributed by atoms with van der Waals surface area (Å²) in [6.45, 7) is 0. The van der Waals surface area contributed by atoms with Crippen molar-refractivity contribution in [3.05, 3.63) is 41.9 Å². The van der Waals surface area contributed by atoms with Crippen molar-refractivity contribution in [2.45, 2.75) is 56.8 Å². The van der Waals surface area contributed by atoms with E-state index in [0.29, 0.717) is 11.4 Å². The van der Waals surface area contributed by atoms with E-state index in [0.717, 1.165) is 62.0 Å². The molecule has 5 rings (SSSR count). The molecule has 1 spiro atoms. The normalized spacial score (nSPS) is 22.2. The number of hydrogen-bond acceptors (Lipinski definition) is 4. The molecule has 0 saturated heterocycles. The van der Waals surface area contributed by atoms with Gasteiger partial charge in [-0.25, -0.2) is 4.79 Å². The van der Waals surface area contributed by atoms with E-state index in [2.05, 4.69) is 10.6 Å². The Morgan fingerprint density at radius 3 is 2.81 bits per heavy atom. The average molecular weight is 354 g/mol. The number of hydrogen-bond donors (Lipinski definition) is 2. The van der Waals surface area contributed by atoms with Gasteiger partial charge in [0.15, 0.2) is 11.5 Å². The number of rotatable bonds is 2. The van der Waals surface area contributed by atoms with E-state index in [1.807, 2.05) is 24.3 Å². The minimum atomic E-state index is -0.483. The molecule has 1 saturated carbocycles. The van der Waals surface area contributed by atoms with Crippen LogP contribution in [0.4, 0.5) is 10.5 Å². The van der Waals surface area contributed by atoms with Gasteiger partial charge in [-0.2, -0.15) is 0 Å². The lowest BCUT2D eigenvalue weighted by Crippen LogP contribution is -2.34. The number of anilines is 1. The summed E-state index contributed by atoms with van der Waals surface area (Å²) in [6.07, 6.45) is 8.64. The van der Waals surface area contributed by atoms with E-state index in [1.54, 1.807) is 6.26 Å². The fourth-order valence-electron chi connectivity index (χ4n) is 4.25. The Kier molecular flexibility index (Phi) is 3.58. The van der Waals surface area contributed by atoms with Gasteiger partial charge in [0.1, 0.15) is 5.76 Å². The van der Waals surface area contributed by atoms with Crippen LogP contribution in [0.25, 0.3) is 0 Å². The Hall–Kier alpha value is -2.63. The fraction of sp³-hybridized carbons (Fsp3) is 0.450. The Balaban J connectivity index is 1.26. The van der Waals surface area contributed by atoms with E-state index >= 15 is 0 Å². The standard InChI is InChI=1S/C20H22N2O4/c23-19(22-15-4-3-5-16-14(15)8-11-24-16)21-13-6-7-17-18(12-13)26-20(25-17)9-1-2-10-20/h6-8,11-12,15H,1-5,9-10H2,(H2,21,22,23). The van der Waals surface area contributed by atoms with Crippen LogP contribution in [-0.4, -0.2) is 11.8 Å². The van der Waals surface area contributed by atoms with Crippen molar-refractivity contribution < 1.29 is 18.7 Å². The lowest BCUT2D eigenvalue weighted by Gasteiger charge is -2.22. The third-order valence-corrected chi connectivity index (χ3v) is 5.52. The molecule has 6 nitrogen and oxygen atoms in total. The first kappa shape index (κ1) is 15.6. The molecular formula is C20H22N2O4. The Bertz CT molecular complexity index is 838. The molecule has 26 heavy (non-hydrogen) atoms. The predicted molar refractivity (Wildman–Crippen MR) is 95.4 cm³/mol. The maximum atomic E-state index is 12.4. The second-order valence-corrected chi connectivity index (χ2v) is 7.33. The van der Waals surface area contributed by atoms with Crippen molar-refractivity contribution in [3.8, 4) is 11.5 Å². The molecule has 2 heterocycles. The molecule has 0 bridgehead atoms. The van der Waals surface area contributed by atoms with Crippen molar-refractivity contribution in [2.75, 3.05) is 5.32 Å². The molecule has 2 aliphatic carbocycles. The molecule has 1 fully saturated rings. The highest BCUT2D eigenvalue weighted by Crippen LogP contribution is 2.47. The first-order valence-corrected chi connectivity index (χ1v) is 9.37. The smallest absolute Gasteiger partial charge is 0.319 e. The summed E-state index contributed by atoms with van der Waals surface area (Å²) < 4.78 is 17.5. The molecule has 6 heteroatoms. The summed E-state index contributed by atoms with van der Waals surface area (Å²) in [6, 6.07) is 7.27. The third-order valence-electron chi connectivity index (χ3n) is 5.52. The van der Waals surface area contributed by atoms with Crippen molar-refractivity contribution in [2.24, 2.45) is 0 Å². The number of furan rings is 1. The van der Waals surface area contributed by atoms with E-state index in [4.69, 9.17) is 13.9 Å². The second-order valence-electron chi connectivity index (χ2n) is 7.33. The maximum Gasteiger partial charge on any atom is 0.319 e. The van der Waals surface area contributed by atoms with Crippen molar-refractivity contribution in [1.29, 1.82) is 0 Å². The molecule has 1 aromatic heterocycles. The Morgan fingerprint density at radius 1 is 1.08 bits per heavy atom. The molecule has 2 N–H and O–H groups in total. The minimum Gasteiger partial charge on any atom is -0.469 e. The van der Waals surface area contributed by atoms with Crippen LogP contribution in [0.15, 0.2) is 34.9 Å². The molecule has 136 valence electrons. The predicted octanol–water partition coefficient (Wildman–Crippen LogP) is 4.52. The topological polar surface area (TPSA) is 72.7 Å². The number of amides is 2. The summed E-state index contributed by atoms with van der Waals surface area (Å²) in [5.41, 5.74) is 1.78. The number of benzene rings is 1.